The summed E-state index contributed by atoms with van der Waals surface area (Å²) in [5, 5.41) is 1.87. The summed E-state index contributed by atoms with van der Waals surface area (Å²) >= 11 is 1.45. The zero-order valence-electron chi connectivity index (χ0n) is 16.9. The molecule has 2 aromatic heterocycles. The molecule has 2 heterocycles. The molecule has 0 fully saturated rings. The van der Waals surface area contributed by atoms with Gasteiger partial charge in [0.25, 0.3) is 0 Å². The SMILES string of the molecule is O=C(OCCCn1c(=O)oc2ccccc21)c1cccc(S(=O)(=O)NCc2cccs2)c1. The van der Waals surface area contributed by atoms with Crippen molar-refractivity contribution in [3.05, 3.63) is 87.0 Å². The quantitative estimate of drug-likeness (QED) is 0.296. The van der Waals surface area contributed by atoms with Crippen molar-refractivity contribution in [3.8, 4) is 0 Å². The number of carbonyl (C=O) groups is 1. The minimum atomic E-state index is -3.77. The number of thiophene rings is 1. The third-order valence-electron chi connectivity index (χ3n) is 4.73. The Morgan fingerprint density at radius 2 is 1.94 bits per heavy atom. The second kappa shape index (κ2) is 9.51. The van der Waals surface area contributed by atoms with Crippen molar-refractivity contribution in [2.75, 3.05) is 6.61 Å². The van der Waals surface area contributed by atoms with Crippen LogP contribution in [0.25, 0.3) is 11.1 Å². The van der Waals surface area contributed by atoms with Gasteiger partial charge in [0.15, 0.2) is 5.58 Å². The van der Waals surface area contributed by atoms with Crippen LogP contribution < -0.4 is 10.5 Å². The smallest absolute Gasteiger partial charge is 0.419 e. The molecule has 166 valence electrons. The molecule has 0 spiro atoms. The molecule has 0 bridgehead atoms. The predicted octanol–water partition coefficient (Wildman–Crippen LogP) is 3.38. The summed E-state index contributed by atoms with van der Waals surface area (Å²) in [6, 6.07) is 16.5. The van der Waals surface area contributed by atoms with Crippen LogP contribution in [0.2, 0.25) is 0 Å². The molecule has 32 heavy (non-hydrogen) atoms. The average molecular weight is 473 g/mol. The van der Waals surface area contributed by atoms with Crippen LogP contribution in [-0.4, -0.2) is 25.6 Å². The summed E-state index contributed by atoms with van der Waals surface area (Å²) in [6.45, 7) is 0.569. The highest BCUT2D eigenvalue weighted by Crippen LogP contribution is 2.15. The van der Waals surface area contributed by atoms with Gasteiger partial charge in [-0.25, -0.2) is 22.7 Å². The van der Waals surface area contributed by atoms with E-state index < -0.39 is 21.7 Å². The van der Waals surface area contributed by atoms with Crippen molar-refractivity contribution in [3.63, 3.8) is 0 Å². The van der Waals surface area contributed by atoms with E-state index in [0.29, 0.717) is 24.1 Å². The lowest BCUT2D eigenvalue weighted by Gasteiger charge is -2.08. The van der Waals surface area contributed by atoms with Gasteiger partial charge in [0.1, 0.15) is 0 Å². The van der Waals surface area contributed by atoms with Gasteiger partial charge in [-0.3, -0.25) is 4.57 Å². The molecular formula is C22H20N2O6S2. The minimum absolute atomic E-state index is 0.0140. The first kappa shape index (κ1) is 22.0. The van der Waals surface area contributed by atoms with E-state index in [4.69, 9.17) is 9.15 Å². The Kier molecular flexibility index (Phi) is 6.54. The highest BCUT2D eigenvalue weighted by molar-refractivity contribution is 7.89. The molecule has 0 saturated heterocycles. The van der Waals surface area contributed by atoms with E-state index >= 15 is 0 Å². The predicted molar refractivity (Wildman–Crippen MR) is 120 cm³/mol. The number of hydrogen-bond donors (Lipinski definition) is 1. The number of nitrogens with one attached hydrogen (secondary N) is 1. The van der Waals surface area contributed by atoms with Gasteiger partial charge in [-0.15, -0.1) is 11.3 Å². The van der Waals surface area contributed by atoms with E-state index in [1.165, 1.54) is 40.2 Å². The number of rotatable bonds is 9. The number of para-hydroxylation sites is 2. The fourth-order valence-electron chi connectivity index (χ4n) is 3.15. The fourth-order valence-corrected chi connectivity index (χ4v) is 4.94. The van der Waals surface area contributed by atoms with E-state index in [2.05, 4.69) is 4.72 Å². The molecule has 0 aliphatic rings. The van der Waals surface area contributed by atoms with Crippen molar-refractivity contribution >= 4 is 38.4 Å². The molecule has 0 saturated carbocycles. The van der Waals surface area contributed by atoms with Gasteiger partial charge in [0.2, 0.25) is 10.0 Å². The van der Waals surface area contributed by atoms with Crippen LogP contribution in [0.15, 0.2) is 80.2 Å². The Morgan fingerprint density at radius 3 is 2.75 bits per heavy atom. The molecule has 8 nitrogen and oxygen atoms in total. The number of benzene rings is 2. The number of aromatic nitrogens is 1. The molecule has 0 unspecified atom stereocenters. The Morgan fingerprint density at radius 1 is 1.09 bits per heavy atom. The second-order valence-corrected chi connectivity index (χ2v) is 9.71. The van der Waals surface area contributed by atoms with Crippen LogP contribution in [0, 0.1) is 0 Å². The zero-order chi connectivity index (χ0) is 22.6. The van der Waals surface area contributed by atoms with Gasteiger partial charge in [-0.1, -0.05) is 24.3 Å². The fraction of sp³-hybridized carbons (Fsp3) is 0.182. The molecule has 4 rings (SSSR count). The van der Waals surface area contributed by atoms with E-state index in [0.717, 1.165) is 4.88 Å². The first-order chi connectivity index (χ1) is 15.4. The summed E-state index contributed by atoms with van der Waals surface area (Å²) in [5.74, 6) is -1.10. The largest absolute Gasteiger partial charge is 0.462 e. The Bertz CT molecular complexity index is 1390. The van der Waals surface area contributed by atoms with Gasteiger partial charge in [-0.2, -0.15) is 0 Å². The van der Waals surface area contributed by atoms with Crippen LogP contribution in [0.3, 0.4) is 0 Å². The van der Waals surface area contributed by atoms with Crippen molar-refractivity contribution in [1.82, 2.24) is 9.29 Å². The molecule has 0 aliphatic carbocycles. The number of fused-ring (bicyclic) bond motifs is 1. The van der Waals surface area contributed by atoms with Crippen LogP contribution in [0.1, 0.15) is 21.7 Å². The topological polar surface area (TPSA) is 108 Å². The van der Waals surface area contributed by atoms with Gasteiger partial charge in [0.05, 0.1) is 22.6 Å². The monoisotopic (exact) mass is 472 g/mol. The number of ether oxygens (including phenoxy) is 1. The number of oxazole rings is 1. The lowest BCUT2D eigenvalue weighted by atomic mass is 10.2. The third-order valence-corrected chi connectivity index (χ3v) is 7.00. The van der Waals surface area contributed by atoms with Gasteiger partial charge in [-0.05, 0) is 48.2 Å². The molecule has 0 amide bonds. The first-order valence-electron chi connectivity index (χ1n) is 9.82. The Hall–Kier alpha value is -3.21. The molecule has 0 aliphatic heterocycles. The average Bonchev–Trinajstić information content (AvgIpc) is 3.43. The van der Waals surface area contributed by atoms with E-state index in [-0.39, 0.29) is 23.6 Å². The lowest BCUT2D eigenvalue weighted by molar-refractivity contribution is 0.0495. The van der Waals surface area contributed by atoms with Crippen molar-refractivity contribution in [2.24, 2.45) is 0 Å². The minimum Gasteiger partial charge on any atom is -0.462 e. The van der Waals surface area contributed by atoms with Gasteiger partial charge in [0, 0.05) is 18.0 Å². The van der Waals surface area contributed by atoms with Crippen molar-refractivity contribution < 1.29 is 22.4 Å². The first-order valence-corrected chi connectivity index (χ1v) is 12.2. The highest BCUT2D eigenvalue weighted by atomic mass is 32.2. The standard InChI is InChI=1S/C22H20N2O6S2/c25-21(29-12-5-11-24-19-9-1-2-10-20(19)30-22(24)26)16-6-3-8-18(14-16)32(27,28)23-15-17-7-4-13-31-17/h1-4,6-10,13-14,23H,5,11-12,15H2. The van der Waals surface area contributed by atoms with Crippen LogP contribution in [0.5, 0.6) is 0 Å². The van der Waals surface area contributed by atoms with Gasteiger partial charge < -0.3 is 9.15 Å². The van der Waals surface area contributed by atoms with Crippen LogP contribution in [0.4, 0.5) is 0 Å². The summed E-state index contributed by atoms with van der Waals surface area (Å²) in [6.07, 6.45) is 0.398. The summed E-state index contributed by atoms with van der Waals surface area (Å²) < 4.78 is 39.5. The zero-order valence-corrected chi connectivity index (χ0v) is 18.5. The Balaban J connectivity index is 1.34. The number of carbonyl (C=O) groups excluding carboxylic acids is 1. The van der Waals surface area contributed by atoms with Crippen LogP contribution >= 0.6 is 11.3 Å². The summed E-state index contributed by atoms with van der Waals surface area (Å²) in [5.41, 5.74) is 1.31. The molecule has 4 aromatic rings. The maximum Gasteiger partial charge on any atom is 0.419 e. The third kappa shape index (κ3) is 4.98. The summed E-state index contributed by atoms with van der Waals surface area (Å²) in [7, 11) is -3.77. The molecule has 1 N–H and O–H groups in total. The number of esters is 1. The molecule has 0 atom stereocenters. The van der Waals surface area contributed by atoms with E-state index in [1.807, 2.05) is 23.6 Å². The maximum absolute atomic E-state index is 12.5. The summed E-state index contributed by atoms with van der Waals surface area (Å²) in [4.78, 5) is 25.2. The van der Waals surface area contributed by atoms with E-state index in [1.54, 1.807) is 18.2 Å². The number of aryl methyl sites for hydroxylation is 1. The number of sulfonamides is 1. The maximum atomic E-state index is 12.5. The molecule has 10 heteroatoms. The number of hydrogen-bond acceptors (Lipinski definition) is 7. The Labute approximate surface area is 188 Å². The lowest BCUT2D eigenvalue weighted by Crippen LogP contribution is -2.23. The molecule has 2 aromatic carbocycles. The van der Waals surface area contributed by atoms with E-state index in [9.17, 15) is 18.0 Å². The molecular weight excluding hydrogens is 452 g/mol. The van der Waals surface area contributed by atoms with Crippen molar-refractivity contribution in [1.29, 1.82) is 0 Å². The normalized spacial score (nSPS) is 11.6. The van der Waals surface area contributed by atoms with Crippen LogP contribution in [-0.2, 0) is 27.8 Å². The second-order valence-electron chi connectivity index (χ2n) is 6.91. The molecule has 0 radical (unpaired) electrons. The number of nitrogens with zero attached hydrogens (tertiary/aromatic N) is 1. The highest BCUT2D eigenvalue weighted by Gasteiger charge is 2.17. The van der Waals surface area contributed by atoms with Gasteiger partial charge >= 0.3 is 11.7 Å². The van der Waals surface area contributed by atoms with Crippen molar-refractivity contribution in [2.45, 2.75) is 24.4 Å².